The molecule has 0 spiro atoms. The van der Waals surface area contributed by atoms with Gasteiger partial charge in [0.25, 0.3) is 0 Å². The molecule has 0 saturated carbocycles. The first-order valence-corrected chi connectivity index (χ1v) is 7.38. The third-order valence-corrected chi connectivity index (χ3v) is 3.85. The van der Waals surface area contributed by atoms with Crippen LogP contribution < -0.4 is 11.1 Å². The molecule has 1 rings (SSSR count). The van der Waals surface area contributed by atoms with Crippen molar-refractivity contribution in [1.29, 1.82) is 0 Å². The second-order valence-electron chi connectivity index (χ2n) is 6.63. The van der Waals surface area contributed by atoms with Gasteiger partial charge in [0, 0.05) is 0 Å². The van der Waals surface area contributed by atoms with Crippen molar-refractivity contribution < 1.29 is 4.79 Å². The first-order chi connectivity index (χ1) is 9.27. The number of nitrogens with one attached hydrogen (secondary N) is 1. The number of nitrogens with two attached hydrogens (primary N) is 1. The van der Waals surface area contributed by atoms with E-state index in [4.69, 9.17) is 5.73 Å². The summed E-state index contributed by atoms with van der Waals surface area (Å²) in [7, 11) is 0. The minimum absolute atomic E-state index is 0.0358. The Hall–Kier alpha value is -1.35. The summed E-state index contributed by atoms with van der Waals surface area (Å²) in [5.41, 5.74) is 7.08. The molecule has 3 N–H and O–H groups in total. The number of hydrogen-bond acceptors (Lipinski definition) is 2. The molecule has 20 heavy (non-hydrogen) atoms. The van der Waals surface area contributed by atoms with Crippen LogP contribution >= 0.6 is 0 Å². The SMILES string of the molecule is CCC(C)C(N)C(=O)NC(c1ccccc1)C(C)(C)C. The Morgan fingerprint density at radius 3 is 2.25 bits per heavy atom. The van der Waals surface area contributed by atoms with Gasteiger partial charge in [0.1, 0.15) is 0 Å². The molecule has 1 amide bonds. The number of benzene rings is 1. The van der Waals surface area contributed by atoms with E-state index in [0.29, 0.717) is 0 Å². The summed E-state index contributed by atoms with van der Waals surface area (Å²) in [5, 5.41) is 3.12. The summed E-state index contributed by atoms with van der Waals surface area (Å²) in [6.45, 7) is 10.4. The molecule has 0 fully saturated rings. The molecule has 0 aliphatic heterocycles. The fourth-order valence-corrected chi connectivity index (χ4v) is 2.20. The highest BCUT2D eigenvalue weighted by molar-refractivity contribution is 5.82. The molecule has 3 heteroatoms. The van der Waals surface area contributed by atoms with E-state index in [1.165, 1.54) is 0 Å². The smallest absolute Gasteiger partial charge is 0.237 e. The quantitative estimate of drug-likeness (QED) is 0.867. The van der Waals surface area contributed by atoms with E-state index in [1.807, 2.05) is 37.3 Å². The summed E-state index contributed by atoms with van der Waals surface area (Å²) in [6, 6.07) is 9.58. The zero-order chi connectivity index (χ0) is 15.3. The van der Waals surface area contributed by atoms with E-state index in [1.54, 1.807) is 0 Å². The van der Waals surface area contributed by atoms with Crippen LogP contribution in [0.5, 0.6) is 0 Å². The van der Waals surface area contributed by atoms with Crippen molar-refractivity contribution in [2.75, 3.05) is 0 Å². The van der Waals surface area contributed by atoms with Gasteiger partial charge in [-0.15, -0.1) is 0 Å². The molecular formula is C17H28N2O. The lowest BCUT2D eigenvalue weighted by atomic mass is 9.82. The largest absolute Gasteiger partial charge is 0.347 e. The van der Waals surface area contributed by atoms with Gasteiger partial charge in [0.2, 0.25) is 5.91 Å². The van der Waals surface area contributed by atoms with E-state index in [9.17, 15) is 4.79 Å². The van der Waals surface area contributed by atoms with Gasteiger partial charge >= 0.3 is 0 Å². The maximum absolute atomic E-state index is 12.3. The Kier molecular flexibility index (Phi) is 5.75. The lowest BCUT2D eigenvalue weighted by Gasteiger charge is -2.33. The number of amides is 1. The molecule has 3 atom stereocenters. The third kappa shape index (κ3) is 4.34. The van der Waals surface area contributed by atoms with Crippen molar-refractivity contribution in [3.05, 3.63) is 35.9 Å². The van der Waals surface area contributed by atoms with Crippen molar-refractivity contribution in [2.24, 2.45) is 17.1 Å². The molecule has 1 aromatic rings. The summed E-state index contributed by atoms with van der Waals surface area (Å²) >= 11 is 0. The van der Waals surface area contributed by atoms with Gasteiger partial charge in [-0.25, -0.2) is 0 Å². The predicted octanol–water partition coefficient (Wildman–Crippen LogP) is 3.26. The lowest BCUT2D eigenvalue weighted by molar-refractivity contribution is -0.125. The van der Waals surface area contributed by atoms with Crippen LogP contribution in [0.15, 0.2) is 30.3 Å². The molecule has 0 bridgehead atoms. The normalized spacial score (nSPS) is 16.3. The van der Waals surface area contributed by atoms with Crippen molar-refractivity contribution in [2.45, 2.75) is 53.1 Å². The highest BCUT2D eigenvalue weighted by atomic mass is 16.2. The average Bonchev–Trinajstić information content (AvgIpc) is 2.42. The summed E-state index contributed by atoms with van der Waals surface area (Å²) in [5.74, 6) is 0.120. The van der Waals surface area contributed by atoms with E-state index in [-0.39, 0.29) is 23.3 Å². The molecular weight excluding hydrogens is 248 g/mol. The molecule has 1 aromatic carbocycles. The van der Waals surface area contributed by atoms with Crippen LogP contribution in [0, 0.1) is 11.3 Å². The Balaban J connectivity index is 2.90. The molecule has 0 aliphatic carbocycles. The molecule has 112 valence electrons. The Labute approximate surface area is 122 Å². The molecule has 0 aliphatic rings. The minimum atomic E-state index is -0.450. The van der Waals surface area contributed by atoms with Crippen LogP contribution in [0.25, 0.3) is 0 Å². The summed E-state index contributed by atoms with van der Waals surface area (Å²) in [4.78, 5) is 12.3. The Morgan fingerprint density at radius 1 is 1.25 bits per heavy atom. The van der Waals surface area contributed by atoms with Crippen LogP contribution in [0.4, 0.5) is 0 Å². The van der Waals surface area contributed by atoms with Crippen molar-refractivity contribution in [3.8, 4) is 0 Å². The van der Waals surface area contributed by atoms with E-state index >= 15 is 0 Å². The van der Waals surface area contributed by atoms with E-state index < -0.39 is 6.04 Å². The summed E-state index contributed by atoms with van der Waals surface area (Å²) < 4.78 is 0. The van der Waals surface area contributed by atoms with Gasteiger partial charge in [-0.3, -0.25) is 4.79 Å². The molecule has 3 unspecified atom stereocenters. The third-order valence-electron chi connectivity index (χ3n) is 3.85. The van der Waals surface area contributed by atoms with Gasteiger partial charge in [0.15, 0.2) is 0 Å². The van der Waals surface area contributed by atoms with Crippen LogP contribution in [0.1, 0.15) is 52.6 Å². The van der Waals surface area contributed by atoms with Crippen LogP contribution in [-0.2, 0) is 4.79 Å². The van der Waals surface area contributed by atoms with Crippen LogP contribution in [0.3, 0.4) is 0 Å². The maximum atomic E-state index is 12.3. The molecule has 0 aromatic heterocycles. The number of hydrogen-bond donors (Lipinski definition) is 2. The lowest BCUT2D eigenvalue weighted by Crippen LogP contribution is -2.48. The number of carbonyl (C=O) groups is 1. The number of carbonyl (C=O) groups excluding carboxylic acids is 1. The fourth-order valence-electron chi connectivity index (χ4n) is 2.20. The van der Waals surface area contributed by atoms with Gasteiger partial charge in [0.05, 0.1) is 12.1 Å². The second-order valence-corrected chi connectivity index (χ2v) is 6.63. The topological polar surface area (TPSA) is 55.1 Å². The zero-order valence-corrected chi connectivity index (χ0v) is 13.3. The molecule has 0 saturated heterocycles. The van der Waals surface area contributed by atoms with Crippen molar-refractivity contribution in [1.82, 2.24) is 5.32 Å². The second kappa shape index (κ2) is 6.89. The standard InChI is InChI=1S/C17H28N2O/c1-6-12(2)14(18)16(20)19-15(17(3,4)5)13-10-8-7-9-11-13/h7-12,14-15H,6,18H2,1-5H3,(H,19,20). The minimum Gasteiger partial charge on any atom is -0.347 e. The summed E-state index contributed by atoms with van der Waals surface area (Å²) in [6.07, 6.45) is 0.903. The molecule has 0 radical (unpaired) electrons. The van der Waals surface area contributed by atoms with Crippen LogP contribution in [0.2, 0.25) is 0 Å². The fraction of sp³-hybridized carbons (Fsp3) is 0.588. The molecule has 0 heterocycles. The first kappa shape index (κ1) is 16.7. The van der Waals surface area contributed by atoms with E-state index in [2.05, 4.69) is 33.0 Å². The Morgan fingerprint density at radius 2 is 1.80 bits per heavy atom. The van der Waals surface area contributed by atoms with Crippen molar-refractivity contribution >= 4 is 5.91 Å². The highest BCUT2D eigenvalue weighted by Gasteiger charge is 2.30. The van der Waals surface area contributed by atoms with Gasteiger partial charge < -0.3 is 11.1 Å². The van der Waals surface area contributed by atoms with E-state index in [0.717, 1.165) is 12.0 Å². The number of rotatable bonds is 5. The first-order valence-electron chi connectivity index (χ1n) is 7.38. The van der Waals surface area contributed by atoms with Crippen molar-refractivity contribution in [3.63, 3.8) is 0 Å². The van der Waals surface area contributed by atoms with Gasteiger partial charge in [-0.05, 0) is 16.9 Å². The predicted molar refractivity (Wildman–Crippen MR) is 84.2 cm³/mol. The molecule has 3 nitrogen and oxygen atoms in total. The van der Waals surface area contributed by atoms with Crippen LogP contribution in [-0.4, -0.2) is 11.9 Å². The van der Waals surface area contributed by atoms with Gasteiger partial charge in [-0.2, -0.15) is 0 Å². The monoisotopic (exact) mass is 276 g/mol. The zero-order valence-electron chi connectivity index (χ0n) is 13.3. The van der Waals surface area contributed by atoms with Gasteiger partial charge in [-0.1, -0.05) is 71.4 Å². The highest BCUT2D eigenvalue weighted by Crippen LogP contribution is 2.32. The maximum Gasteiger partial charge on any atom is 0.237 e. The Bertz CT molecular complexity index is 422. The average molecular weight is 276 g/mol.